The molecule has 0 fully saturated rings. The molecular weight excluding hydrogens is 240 g/mol. The predicted octanol–water partition coefficient (Wildman–Crippen LogP) is 1.98. The Balaban J connectivity index is 2.51. The summed E-state index contributed by atoms with van der Waals surface area (Å²) in [7, 11) is 1.62. The average Bonchev–Trinajstić information content (AvgIpc) is 2.29. The Bertz CT molecular complexity index is 393. The SMILES string of the molecule is CC(Cl)C(=O)NC(=O)N(C)Cc1ccccc1. The van der Waals surface area contributed by atoms with Crippen LogP contribution in [0.2, 0.25) is 0 Å². The molecule has 0 heterocycles. The molecule has 0 aliphatic carbocycles. The number of benzene rings is 1. The molecule has 0 bridgehead atoms. The van der Waals surface area contributed by atoms with Gasteiger partial charge in [-0.25, -0.2) is 4.79 Å². The minimum absolute atomic E-state index is 0.441. The van der Waals surface area contributed by atoms with Crippen molar-refractivity contribution in [1.29, 1.82) is 0 Å². The summed E-state index contributed by atoms with van der Waals surface area (Å²) in [4.78, 5) is 24.2. The molecule has 0 saturated heterocycles. The fourth-order valence-electron chi connectivity index (χ4n) is 1.23. The normalized spacial score (nSPS) is 11.7. The molecule has 0 aliphatic rings. The maximum atomic E-state index is 11.6. The van der Waals surface area contributed by atoms with E-state index in [1.165, 1.54) is 11.8 Å². The molecule has 0 saturated carbocycles. The van der Waals surface area contributed by atoms with Crippen molar-refractivity contribution in [3.05, 3.63) is 35.9 Å². The van der Waals surface area contributed by atoms with Crippen molar-refractivity contribution in [2.45, 2.75) is 18.8 Å². The second-order valence-electron chi connectivity index (χ2n) is 3.75. The summed E-state index contributed by atoms with van der Waals surface area (Å²) < 4.78 is 0. The smallest absolute Gasteiger partial charge is 0.323 e. The lowest BCUT2D eigenvalue weighted by atomic mass is 10.2. The van der Waals surface area contributed by atoms with Crippen molar-refractivity contribution in [2.75, 3.05) is 7.05 Å². The number of hydrogen-bond acceptors (Lipinski definition) is 2. The molecule has 0 aromatic heterocycles. The van der Waals surface area contributed by atoms with Gasteiger partial charge >= 0.3 is 6.03 Å². The second-order valence-corrected chi connectivity index (χ2v) is 4.41. The number of rotatable bonds is 3. The number of carbonyl (C=O) groups is 2. The zero-order chi connectivity index (χ0) is 12.8. The first-order valence-corrected chi connectivity index (χ1v) is 5.68. The van der Waals surface area contributed by atoms with Gasteiger partial charge in [0.05, 0.1) is 0 Å². The number of urea groups is 1. The van der Waals surface area contributed by atoms with Gasteiger partial charge in [0.15, 0.2) is 0 Å². The van der Waals surface area contributed by atoms with Gasteiger partial charge in [-0.2, -0.15) is 0 Å². The van der Waals surface area contributed by atoms with Gasteiger partial charge in [-0.15, -0.1) is 11.6 Å². The first-order chi connectivity index (χ1) is 8.00. The maximum Gasteiger partial charge on any atom is 0.324 e. The van der Waals surface area contributed by atoms with Crippen LogP contribution in [-0.4, -0.2) is 29.3 Å². The molecule has 0 spiro atoms. The van der Waals surface area contributed by atoms with E-state index in [2.05, 4.69) is 5.32 Å². The number of alkyl halides is 1. The molecular formula is C12H15ClN2O2. The van der Waals surface area contributed by atoms with E-state index in [1.807, 2.05) is 30.3 Å². The van der Waals surface area contributed by atoms with Gasteiger partial charge in [0.2, 0.25) is 5.91 Å². The third-order valence-electron chi connectivity index (χ3n) is 2.20. The Morgan fingerprint density at radius 1 is 1.35 bits per heavy atom. The number of nitrogens with zero attached hydrogens (tertiary/aromatic N) is 1. The Hall–Kier alpha value is -1.55. The highest BCUT2D eigenvalue weighted by Gasteiger charge is 2.15. The van der Waals surface area contributed by atoms with E-state index in [1.54, 1.807) is 7.05 Å². The van der Waals surface area contributed by atoms with Gasteiger partial charge in [-0.05, 0) is 12.5 Å². The van der Waals surface area contributed by atoms with Crippen molar-refractivity contribution < 1.29 is 9.59 Å². The van der Waals surface area contributed by atoms with Gasteiger partial charge in [0.1, 0.15) is 5.38 Å². The molecule has 1 aromatic carbocycles. The molecule has 1 N–H and O–H groups in total. The van der Waals surface area contributed by atoms with Crippen molar-refractivity contribution >= 4 is 23.5 Å². The second kappa shape index (κ2) is 6.25. The van der Waals surface area contributed by atoms with Gasteiger partial charge in [0, 0.05) is 13.6 Å². The van der Waals surface area contributed by atoms with E-state index in [-0.39, 0.29) is 0 Å². The summed E-state index contributed by atoms with van der Waals surface area (Å²) >= 11 is 5.55. The van der Waals surface area contributed by atoms with Gasteiger partial charge in [0.25, 0.3) is 0 Å². The number of imide groups is 1. The summed E-state index contributed by atoms with van der Waals surface area (Å²) in [5.41, 5.74) is 0.997. The summed E-state index contributed by atoms with van der Waals surface area (Å²) in [5.74, 6) is -0.489. The molecule has 0 radical (unpaired) electrons. The van der Waals surface area contributed by atoms with Crippen LogP contribution in [-0.2, 0) is 11.3 Å². The Kier molecular flexibility index (Phi) is 4.97. The van der Waals surface area contributed by atoms with E-state index in [4.69, 9.17) is 11.6 Å². The van der Waals surface area contributed by atoms with Gasteiger partial charge in [-0.3, -0.25) is 10.1 Å². The standard InChI is InChI=1S/C12H15ClN2O2/c1-9(13)11(16)14-12(17)15(2)8-10-6-4-3-5-7-10/h3-7,9H,8H2,1-2H3,(H,14,16,17). The molecule has 1 atom stereocenters. The lowest BCUT2D eigenvalue weighted by molar-refractivity contribution is -0.119. The number of nitrogens with one attached hydrogen (secondary N) is 1. The van der Waals surface area contributed by atoms with Gasteiger partial charge < -0.3 is 4.90 Å². The zero-order valence-electron chi connectivity index (χ0n) is 9.81. The quantitative estimate of drug-likeness (QED) is 0.839. The maximum absolute atomic E-state index is 11.6. The van der Waals surface area contributed by atoms with Crippen molar-refractivity contribution in [3.63, 3.8) is 0 Å². The Morgan fingerprint density at radius 2 is 1.94 bits per heavy atom. The van der Waals surface area contributed by atoms with Crippen LogP contribution in [0.4, 0.5) is 4.79 Å². The summed E-state index contributed by atoms with van der Waals surface area (Å²) in [6.07, 6.45) is 0. The molecule has 5 heteroatoms. The highest BCUT2D eigenvalue weighted by molar-refractivity contribution is 6.31. The first kappa shape index (κ1) is 13.5. The lowest BCUT2D eigenvalue weighted by Crippen LogP contribution is -2.42. The van der Waals surface area contributed by atoms with Crippen LogP contribution in [0, 0.1) is 0 Å². The topological polar surface area (TPSA) is 49.4 Å². The number of carbonyl (C=O) groups excluding carboxylic acids is 2. The van der Waals surface area contributed by atoms with E-state index in [9.17, 15) is 9.59 Å². The van der Waals surface area contributed by atoms with Crippen molar-refractivity contribution in [2.24, 2.45) is 0 Å². The van der Waals surface area contributed by atoms with Crippen LogP contribution in [0.15, 0.2) is 30.3 Å². The van der Waals surface area contributed by atoms with Crippen molar-refractivity contribution in [1.82, 2.24) is 10.2 Å². The molecule has 1 aromatic rings. The Morgan fingerprint density at radius 3 is 2.47 bits per heavy atom. The molecule has 17 heavy (non-hydrogen) atoms. The molecule has 4 nitrogen and oxygen atoms in total. The number of hydrogen-bond donors (Lipinski definition) is 1. The van der Waals surface area contributed by atoms with Crippen LogP contribution >= 0.6 is 11.6 Å². The summed E-state index contributed by atoms with van der Waals surface area (Å²) in [6, 6.07) is 9.07. The largest absolute Gasteiger partial charge is 0.324 e. The predicted molar refractivity (Wildman–Crippen MR) is 66.8 cm³/mol. The highest BCUT2D eigenvalue weighted by atomic mass is 35.5. The average molecular weight is 255 g/mol. The van der Waals surface area contributed by atoms with E-state index in [0.29, 0.717) is 6.54 Å². The van der Waals surface area contributed by atoms with E-state index in [0.717, 1.165) is 5.56 Å². The number of amides is 3. The lowest BCUT2D eigenvalue weighted by Gasteiger charge is -2.17. The molecule has 92 valence electrons. The van der Waals surface area contributed by atoms with Crippen LogP contribution in [0.1, 0.15) is 12.5 Å². The molecule has 1 rings (SSSR count). The highest BCUT2D eigenvalue weighted by Crippen LogP contribution is 2.03. The summed E-state index contributed by atoms with van der Waals surface area (Å²) in [5, 5.41) is 1.50. The monoisotopic (exact) mass is 254 g/mol. The van der Waals surface area contributed by atoms with Crippen molar-refractivity contribution in [3.8, 4) is 0 Å². The number of halogens is 1. The molecule has 0 aliphatic heterocycles. The third kappa shape index (κ3) is 4.44. The van der Waals surface area contributed by atoms with Crippen LogP contribution in [0.3, 0.4) is 0 Å². The van der Waals surface area contributed by atoms with Crippen LogP contribution < -0.4 is 5.32 Å². The van der Waals surface area contributed by atoms with Crippen LogP contribution in [0.25, 0.3) is 0 Å². The summed E-state index contributed by atoms with van der Waals surface area (Å²) in [6.45, 7) is 1.96. The minimum Gasteiger partial charge on any atom is -0.323 e. The zero-order valence-corrected chi connectivity index (χ0v) is 10.6. The van der Waals surface area contributed by atoms with Crippen LogP contribution in [0.5, 0.6) is 0 Å². The Labute approximate surface area is 106 Å². The fourth-order valence-corrected chi connectivity index (χ4v) is 1.28. The van der Waals surface area contributed by atoms with E-state index < -0.39 is 17.3 Å². The fraction of sp³-hybridized carbons (Fsp3) is 0.333. The molecule has 1 unspecified atom stereocenters. The van der Waals surface area contributed by atoms with Gasteiger partial charge in [-0.1, -0.05) is 30.3 Å². The first-order valence-electron chi connectivity index (χ1n) is 5.24. The minimum atomic E-state index is -0.718. The van der Waals surface area contributed by atoms with E-state index >= 15 is 0 Å². The third-order valence-corrected chi connectivity index (χ3v) is 2.40. The molecule has 3 amide bonds.